The molecule has 1 aromatic rings. The Balaban J connectivity index is 1.38. The molecule has 6 nitrogen and oxygen atoms in total. The summed E-state index contributed by atoms with van der Waals surface area (Å²) >= 11 is 0. The smallest absolute Gasteiger partial charge is 0.257 e. The Morgan fingerprint density at radius 3 is 2.82 bits per heavy atom. The largest absolute Gasteiger partial charge is 0.375 e. The molecule has 3 fully saturated rings. The average molecular weight is 305 g/mol. The summed E-state index contributed by atoms with van der Waals surface area (Å²) in [5, 5.41) is 7.00. The minimum atomic E-state index is -0.0687. The quantitative estimate of drug-likeness (QED) is 0.911. The molecule has 0 spiro atoms. The van der Waals surface area contributed by atoms with E-state index >= 15 is 0 Å². The third-order valence-corrected chi connectivity index (χ3v) is 5.19. The summed E-state index contributed by atoms with van der Waals surface area (Å²) in [6.07, 6.45) is 4.00. The van der Waals surface area contributed by atoms with Gasteiger partial charge in [-0.3, -0.25) is 9.69 Å². The van der Waals surface area contributed by atoms with E-state index in [0.29, 0.717) is 29.2 Å². The van der Waals surface area contributed by atoms with Gasteiger partial charge in [-0.2, -0.15) is 0 Å². The van der Waals surface area contributed by atoms with E-state index in [-0.39, 0.29) is 11.9 Å². The number of amides is 1. The Hall–Kier alpha value is -1.40. The van der Waals surface area contributed by atoms with Crippen LogP contribution >= 0.6 is 0 Å². The van der Waals surface area contributed by atoms with Gasteiger partial charge in [-0.15, -0.1) is 0 Å². The topological polar surface area (TPSA) is 67.6 Å². The standard InChI is InChI=1S/C16H23N3O3/c1-9-15(10(2)22-18-9)16(20)17-12-5-13-8-21-14(11-3-4-11)7-19(13)6-12/h11-14H,3-8H2,1-2H3,(H,17,20)/t12-,13-,14+/m0/s1. The summed E-state index contributed by atoms with van der Waals surface area (Å²) in [7, 11) is 0. The molecule has 1 aromatic heterocycles. The number of fused-ring (bicyclic) bond motifs is 1. The molecule has 120 valence electrons. The molecule has 1 saturated carbocycles. The van der Waals surface area contributed by atoms with Crippen molar-refractivity contribution in [3.8, 4) is 0 Å². The molecule has 3 heterocycles. The van der Waals surface area contributed by atoms with Crippen molar-refractivity contribution in [2.24, 2.45) is 5.92 Å². The highest BCUT2D eigenvalue weighted by atomic mass is 16.5. The van der Waals surface area contributed by atoms with E-state index < -0.39 is 0 Å². The van der Waals surface area contributed by atoms with Gasteiger partial charge in [0.25, 0.3) is 5.91 Å². The van der Waals surface area contributed by atoms with Crippen LogP contribution in [0.3, 0.4) is 0 Å². The first-order chi connectivity index (χ1) is 10.6. The number of nitrogens with one attached hydrogen (secondary N) is 1. The zero-order valence-corrected chi connectivity index (χ0v) is 13.2. The van der Waals surface area contributed by atoms with Crippen LogP contribution in [-0.2, 0) is 4.74 Å². The second-order valence-corrected chi connectivity index (χ2v) is 6.92. The van der Waals surface area contributed by atoms with E-state index in [9.17, 15) is 4.79 Å². The van der Waals surface area contributed by atoms with Crippen molar-refractivity contribution in [3.63, 3.8) is 0 Å². The molecule has 0 radical (unpaired) electrons. The number of carbonyl (C=O) groups excluding carboxylic acids is 1. The number of aromatic nitrogens is 1. The summed E-state index contributed by atoms with van der Waals surface area (Å²) in [5.74, 6) is 1.29. The number of morpholine rings is 1. The van der Waals surface area contributed by atoms with E-state index in [0.717, 1.165) is 32.0 Å². The molecule has 1 amide bonds. The molecule has 0 unspecified atom stereocenters. The van der Waals surface area contributed by atoms with Gasteiger partial charge in [0.15, 0.2) is 0 Å². The highest BCUT2D eigenvalue weighted by molar-refractivity contribution is 5.96. The summed E-state index contributed by atoms with van der Waals surface area (Å²) in [4.78, 5) is 14.9. The maximum absolute atomic E-state index is 12.4. The van der Waals surface area contributed by atoms with Gasteiger partial charge >= 0.3 is 0 Å². The van der Waals surface area contributed by atoms with E-state index in [2.05, 4.69) is 15.4 Å². The monoisotopic (exact) mass is 305 g/mol. The van der Waals surface area contributed by atoms with Crippen molar-refractivity contribution in [3.05, 3.63) is 17.0 Å². The molecule has 3 aliphatic rings. The third-order valence-electron chi connectivity index (χ3n) is 5.19. The molecule has 3 atom stereocenters. The van der Waals surface area contributed by atoms with E-state index in [4.69, 9.17) is 9.26 Å². The fourth-order valence-corrected chi connectivity index (χ4v) is 3.82. The first-order valence-corrected chi connectivity index (χ1v) is 8.21. The normalized spacial score (nSPS) is 32.0. The third kappa shape index (κ3) is 2.54. The number of hydrogen-bond acceptors (Lipinski definition) is 5. The van der Waals surface area contributed by atoms with Gasteiger partial charge in [-0.05, 0) is 39.0 Å². The SMILES string of the molecule is Cc1noc(C)c1C(=O)N[C@H]1C[C@H]2CO[C@@H](C3CC3)CN2C1. The van der Waals surface area contributed by atoms with Crippen LogP contribution in [0.15, 0.2) is 4.52 Å². The predicted octanol–water partition coefficient (Wildman–Crippen LogP) is 1.27. The van der Waals surface area contributed by atoms with Crippen molar-refractivity contribution in [2.75, 3.05) is 19.7 Å². The minimum absolute atomic E-state index is 0.0687. The lowest BCUT2D eigenvalue weighted by Crippen LogP contribution is -2.47. The molecule has 2 aliphatic heterocycles. The van der Waals surface area contributed by atoms with Gasteiger partial charge in [-0.25, -0.2) is 0 Å². The fourth-order valence-electron chi connectivity index (χ4n) is 3.82. The molecule has 4 rings (SSSR count). The van der Waals surface area contributed by atoms with Crippen LogP contribution in [0, 0.1) is 19.8 Å². The Kier molecular flexibility index (Phi) is 3.46. The van der Waals surface area contributed by atoms with Crippen LogP contribution in [0.25, 0.3) is 0 Å². The van der Waals surface area contributed by atoms with Crippen molar-refractivity contribution in [2.45, 2.75) is 51.3 Å². The zero-order chi connectivity index (χ0) is 15.3. The van der Waals surface area contributed by atoms with Crippen LogP contribution in [-0.4, -0.2) is 53.8 Å². The Morgan fingerprint density at radius 1 is 1.32 bits per heavy atom. The first kappa shape index (κ1) is 14.2. The Bertz CT molecular complexity index is 562. The Labute approximate surface area is 130 Å². The minimum Gasteiger partial charge on any atom is -0.375 e. The summed E-state index contributed by atoms with van der Waals surface area (Å²) in [6, 6.07) is 0.637. The summed E-state index contributed by atoms with van der Waals surface area (Å²) in [5.41, 5.74) is 1.24. The van der Waals surface area contributed by atoms with Crippen molar-refractivity contribution in [1.29, 1.82) is 0 Å². The molecule has 2 saturated heterocycles. The highest BCUT2D eigenvalue weighted by Crippen LogP contribution is 2.37. The first-order valence-electron chi connectivity index (χ1n) is 8.21. The lowest BCUT2D eigenvalue weighted by Gasteiger charge is -2.35. The second kappa shape index (κ2) is 5.35. The number of carbonyl (C=O) groups is 1. The van der Waals surface area contributed by atoms with Gasteiger partial charge in [0, 0.05) is 25.2 Å². The van der Waals surface area contributed by atoms with Gasteiger partial charge < -0.3 is 14.6 Å². The molecule has 1 aliphatic carbocycles. The van der Waals surface area contributed by atoms with Crippen LogP contribution in [0.4, 0.5) is 0 Å². The molecular formula is C16H23N3O3. The molecular weight excluding hydrogens is 282 g/mol. The number of rotatable bonds is 3. The van der Waals surface area contributed by atoms with Gasteiger partial charge in [0.05, 0.1) is 18.4 Å². The highest BCUT2D eigenvalue weighted by Gasteiger charge is 2.42. The van der Waals surface area contributed by atoms with Crippen LogP contribution < -0.4 is 5.32 Å². The number of ether oxygens (including phenoxy) is 1. The fraction of sp³-hybridized carbons (Fsp3) is 0.750. The molecule has 22 heavy (non-hydrogen) atoms. The lowest BCUT2D eigenvalue weighted by molar-refractivity contribution is -0.0581. The van der Waals surface area contributed by atoms with Crippen LogP contribution in [0.2, 0.25) is 0 Å². The van der Waals surface area contributed by atoms with Crippen molar-refractivity contribution < 1.29 is 14.1 Å². The maximum Gasteiger partial charge on any atom is 0.257 e. The second-order valence-electron chi connectivity index (χ2n) is 6.92. The zero-order valence-electron chi connectivity index (χ0n) is 13.2. The molecule has 1 N–H and O–H groups in total. The van der Waals surface area contributed by atoms with Gasteiger partial charge in [0.1, 0.15) is 11.3 Å². The van der Waals surface area contributed by atoms with Crippen molar-refractivity contribution >= 4 is 5.91 Å². The number of aryl methyl sites for hydroxylation is 2. The number of nitrogens with zero attached hydrogens (tertiary/aromatic N) is 2. The lowest BCUT2D eigenvalue weighted by atomic mass is 10.1. The Morgan fingerprint density at radius 2 is 2.14 bits per heavy atom. The van der Waals surface area contributed by atoms with E-state index in [1.165, 1.54) is 12.8 Å². The van der Waals surface area contributed by atoms with Gasteiger partial charge in [-0.1, -0.05) is 5.16 Å². The maximum atomic E-state index is 12.4. The van der Waals surface area contributed by atoms with E-state index in [1.54, 1.807) is 13.8 Å². The molecule has 6 heteroatoms. The molecule has 0 bridgehead atoms. The van der Waals surface area contributed by atoms with Crippen molar-refractivity contribution in [1.82, 2.24) is 15.4 Å². The molecule has 0 aromatic carbocycles. The average Bonchev–Trinajstić information content (AvgIpc) is 3.17. The number of hydrogen-bond donors (Lipinski definition) is 1. The summed E-state index contributed by atoms with van der Waals surface area (Å²) < 4.78 is 11.1. The summed E-state index contributed by atoms with van der Waals surface area (Å²) in [6.45, 7) is 6.33. The predicted molar refractivity (Wildman–Crippen MR) is 79.7 cm³/mol. The van der Waals surface area contributed by atoms with E-state index in [1.807, 2.05) is 0 Å². The van der Waals surface area contributed by atoms with Gasteiger partial charge in [0.2, 0.25) is 0 Å². The van der Waals surface area contributed by atoms with Crippen LogP contribution in [0.5, 0.6) is 0 Å². The van der Waals surface area contributed by atoms with Crippen LogP contribution in [0.1, 0.15) is 41.1 Å².